The van der Waals surface area contributed by atoms with Crippen molar-refractivity contribution < 1.29 is 22.7 Å². The van der Waals surface area contributed by atoms with Gasteiger partial charge >= 0.3 is 5.97 Å². The van der Waals surface area contributed by atoms with Crippen molar-refractivity contribution in [2.45, 2.75) is 31.8 Å². The number of aryl methyl sites for hydroxylation is 1. The summed E-state index contributed by atoms with van der Waals surface area (Å²) >= 11 is 0. The predicted octanol–water partition coefficient (Wildman–Crippen LogP) is 2.48. The molecule has 0 saturated carbocycles. The van der Waals surface area contributed by atoms with Gasteiger partial charge in [0, 0.05) is 12.2 Å². The third-order valence-corrected chi connectivity index (χ3v) is 5.08. The molecule has 2 N–H and O–H groups in total. The summed E-state index contributed by atoms with van der Waals surface area (Å²) in [6.07, 6.45) is -0.953. The van der Waals surface area contributed by atoms with Crippen LogP contribution in [0.15, 0.2) is 53.4 Å². The van der Waals surface area contributed by atoms with Gasteiger partial charge in [0.05, 0.1) is 10.5 Å². The maximum atomic E-state index is 12.5. The van der Waals surface area contributed by atoms with Crippen LogP contribution in [0.3, 0.4) is 0 Å². The van der Waals surface area contributed by atoms with Crippen molar-refractivity contribution in [2.24, 2.45) is 0 Å². The molecule has 0 unspecified atom stereocenters. The Labute approximate surface area is 158 Å². The van der Waals surface area contributed by atoms with Crippen molar-refractivity contribution in [3.63, 3.8) is 0 Å². The van der Waals surface area contributed by atoms with Crippen molar-refractivity contribution in [1.82, 2.24) is 5.32 Å². The number of likely N-dealkylation sites (N-methyl/N-ethyl adjacent to an activating group) is 1. The second-order valence-corrected chi connectivity index (χ2v) is 7.62. The van der Waals surface area contributed by atoms with Crippen LogP contribution in [0.5, 0.6) is 0 Å². The van der Waals surface area contributed by atoms with Crippen LogP contribution in [0.4, 0.5) is 5.69 Å². The van der Waals surface area contributed by atoms with Gasteiger partial charge in [0.2, 0.25) is 0 Å². The highest BCUT2D eigenvalue weighted by Crippen LogP contribution is 2.18. The summed E-state index contributed by atoms with van der Waals surface area (Å²) in [5.41, 5.74) is 1.30. The maximum absolute atomic E-state index is 12.5. The quantitative estimate of drug-likeness (QED) is 0.707. The Balaban J connectivity index is 2.14. The summed E-state index contributed by atoms with van der Waals surface area (Å²) in [4.78, 5) is 24.0. The molecule has 0 heterocycles. The lowest BCUT2D eigenvalue weighted by atomic mass is 10.2. The second-order valence-electron chi connectivity index (χ2n) is 5.94. The van der Waals surface area contributed by atoms with Crippen LogP contribution in [0, 0.1) is 6.92 Å². The zero-order valence-electron chi connectivity index (χ0n) is 15.4. The molecular weight excluding hydrogens is 368 g/mol. The van der Waals surface area contributed by atoms with Gasteiger partial charge in [-0.1, -0.05) is 23.8 Å². The van der Waals surface area contributed by atoms with Crippen molar-refractivity contribution in [1.29, 1.82) is 0 Å². The Morgan fingerprint density at radius 1 is 1.11 bits per heavy atom. The number of rotatable bonds is 7. The smallest absolute Gasteiger partial charge is 0.338 e. The van der Waals surface area contributed by atoms with Gasteiger partial charge in [0.1, 0.15) is 0 Å². The first-order valence-corrected chi connectivity index (χ1v) is 9.89. The number of sulfonamides is 1. The largest absolute Gasteiger partial charge is 0.449 e. The van der Waals surface area contributed by atoms with Crippen molar-refractivity contribution in [3.8, 4) is 0 Å². The number of nitrogens with one attached hydrogen (secondary N) is 2. The fourth-order valence-electron chi connectivity index (χ4n) is 2.24. The number of ether oxygens (including phenoxy) is 1. The van der Waals surface area contributed by atoms with E-state index in [-0.39, 0.29) is 16.1 Å². The molecule has 2 rings (SSSR count). The molecule has 0 saturated heterocycles. The van der Waals surface area contributed by atoms with Gasteiger partial charge in [0.25, 0.3) is 15.9 Å². The molecule has 2 aromatic carbocycles. The van der Waals surface area contributed by atoms with Crippen LogP contribution in [-0.2, 0) is 19.6 Å². The first-order valence-electron chi connectivity index (χ1n) is 8.41. The highest BCUT2D eigenvalue weighted by molar-refractivity contribution is 7.92. The molecule has 8 heteroatoms. The molecule has 7 nitrogen and oxygen atoms in total. The van der Waals surface area contributed by atoms with E-state index in [4.69, 9.17) is 4.74 Å². The molecule has 0 radical (unpaired) electrons. The van der Waals surface area contributed by atoms with E-state index in [1.807, 2.05) is 6.92 Å². The Morgan fingerprint density at radius 2 is 1.78 bits per heavy atom. The summed E-state index contributed by atoms with van der Waals surface area (Å²) in [6.45, 7) is 5.51. The van der Waals surface area contributed by atoms with Gasteiger partial charge in [-0.25, -0.2) is 13.2 Å². The van der Waals surface area contributed by atoms with E-state index in [0.717, 1.165) is 5.56 Å². The number of amides is 1. The Hall–Kier alpha value is -2.87. The standard InChI is InChI=1S/C19H22N2O5S/c1-4-20-18(22)14(3)26-19(23)15-6-5-7-16(12-15)21-27(24,25)17-10-8-13(2)9-11-17/h5-12,14,21H,4H2,1-3H3,(H,20,22)/t14-/m1/s1. The van der Waals surface area contributed by atoms with Gasteiger partial charge in [-0.2, -0.15) is 0 Å². The lowest BCUT2D eigenvalue weighted by molar-refractivity contribution is -0.128. The molecule has 1 atom stereocenters. The number of hydrogen-bond acceptors (Lipinski definition) is 5. The molecule has 0 aliphatic rings. The molecule has 27 heavy (non-hydrogen) atoms. The number of hydrogen-bond donors (Lipinski definition) is 2. The minimum absolute atomic E-state index is 0.117. The number of carbonyl (C=O) groups excluding carboxylic acids is 2. The van der Waals surface area contributed by atoms with Crippen LogP contribution in [0.2, 0.25) is 0 Å². The van der Waals surface area contributed by atoms with Crippen LogP contribution in [0.1, 0.15) is 29.8 Å². The molecule has 0 spiro atoms. The Kier molecular flexibility index (Phi) is 6.57. The summed E-state index contributed by atoms with van der Waals surface area (Å²) in [5.74, 6) is -1.12. The van der Waals surface area contributed by atoms with E-state index >= 15 is 0 Å². The maximum Gasteiger partial charge on any atom is 0.338 e. The predicted molar refractivity (Wildman–Crippen MR) is 102 cm³/mol. The summed E-state index contributed by atoms with van der Waals surface area (Å²) < 4.78 is 32.4. The monoisotopic (exact) mass is 390 g/mol. The average molecular weight is 390 g/mol. The Morgan fingerprint density at radius 3 is 2.41 bits per heavy atom. The third-order valence-electron chi connectivity index (χ3n) is 3.69. The number of anilines is 1. The second kappa shape index (κ2) is 8.68. The highest BCUT2D eigenvalue weighted by Gasteiger charge is 2.19. The van der Waals surface area contributed by atoms with Crippen molar-refractivity contribution in [2.75, 3.05) is 11.3 Å². The highest BCUT2D eigenvalue weighted by atomic mass is 32.2. The Bertz CT molecular complexity index is 923. The van der Waals surface area contributed by atoms with Crippen molar-refractivity contribution in [3.05, 3.63) is 59.7 Å². The van der Waals surface area contributed by atoms with E-state index in [2.05, 4.69) is 10.0 Å². The zero-order chi connectivity index (χ0) is 20.0. The molecule has 1 amide bonds. The van der Waals surface area contributed by atoms with Gasteiger partial charge in [-0.3, -0.25) is 9.52 Å². The van der Waals surface area contributed by atoms with Crippen LogP contribution in [0.25, 0.3) is 0 Å². The van der Waals surface area contributed by atoms with E-state index in [0.29, 0.717) is 6.54 Å². The summed E-state index contributed by atoms with van der Waals surface area (Å²) in [5, 5.41) is 2.56. The van der Waals surface area contributed by atoms with E-state index in [1.54, 1.807) is 19.1 Å². The van der Waals surface area contributed by atoms with E-state index in [9.17, 15) is 18.0 Å². The molecule has 144 valence electrons. The van der Waals surface area contributed by atoms with Crippen LogP contribution < -0.4 is 10.0 Å². The minimum atomic E-state index is -3.78. The molecule has 0 aliphatic carbocycles. The normalized spacial score (nSPS) is 12.1. The number of benzene rings is 2. The number of carbonyl (C=O) groups is 2. The molecule has 0 aliphatic heterocycles. The van der Waals surface area contributed by atoms with E-state index < -0.39 is 28.0 Å². The number of esters is 1. The fourth-order valence-corrected chi connectivity index (χ4v) is 3.29. The topological polar surface area (TPSA) is 102 Å². The first-order chi connectivity index (χ1) is 12.7. The fraction of sp³-hybridized carbons (Fsp3) is 0.263. The van der Waals surface area contributed by atoms with Gasteiger partial charge < -0.3 is 10.1 Å². The van der Waals surface area contributed by atoms with Gasteiger partial charge in [0.15, 0.2) is 6.10 Å². The first kappa shape index (κ1) is 20.4. The third kappa shape index (κ3) is 5.55. The molecule has 0 bridgehead atoms. The van der Waals surface area contributed by atoms with Gasteiger partial charge in [-0.15, -0.1) is 0 Å². The van der Waals surface area contributed by atoms with Crippen molar-refractivity contribution >= 4 is 27.6 Å². The summed E-state index contributed by atoms with van der Waals surface area (Å²) in [6, 6.07) is 12.3. The molecule has 2 aromatic rings. The van der Waals surface area contributed by atoms with Gasteiger partial charge in [-0.05, 0) is 51.1 Å². The average Bonchev–Trinajstić information content (AvgIpc) is 2.62. The molecule has 0 fully saturated rings. The minimum Gasteiger partial charge on any atom is -0.449 e. The lowest BCUT2D eigenvalue weighted by Gasteiger charge is -2.13. The lowest BCUT2D eigenvalue weighted by Crippen LogP contribution is -2.35. The summed E-state index contributed by atoms with van der Waals surface area (Å²) in [7, 11) is -3.78. The van der Waals surface area contributed by atoms with Crippen LogP contribution in [-0.4, -0.2) is 32.9 Å². The van der Waals surface area contributed by atoms with Crippen LogP contribution >= 0.6 is 0 Å². The molecule has 0 aromatic heterocycles. The van der Waals surface area contributed by atoms with E-state index in [1.165, 1.54) is 43.3 Å². The molecular formula is C19H22N2O5S. The zero-order valence-corrected chi connectivity index (χ0v) is 16.2. The SMILES string of the molecule is CCNC(=O)[C@@H](C)OC(=O)c1cccc(NS(=O)(=O)c2ccc(C)cc2)c1.